The van der Waals surface area contributed by atoms with Crippen molar-refractivity contribution in [2.75, 3.05) is 13.7 Å². The molecule has 4 rings (SSSR count). The number of nitrogens with zero attached hydrogens (tertiary/aromatic N) is 4. The summed E-state index contributed by atoms with van der Waals surface area (Å²) in [5.41, 5.74) is 0.556. The zero-order valence-electron chi connectivity index (χ0n) is 16.3. The Labute approximate surface area is 179 Å². The van der Waals surface area contributed by atoms with E-state index in [1.54, 1.807) is 23.6 Å². The van der Waals surface area contributed by atoms with Crippen molar-refractivity contribution < 1.29 is 22.7 Å². The van der Waals surface area contributed by atoms with Gasteiger partial charge in [0.25, 0.3) is 5.91 Å². The van der Waals surface area contributed by atoms with Gasteiger partial charge in [-0.25, -0.2) is 4.98 Å². The van der Waals surface area contributed by atoms with E-state index >= 15 is 0 Å². The van der Waals surface area contributed by atoms with Crippen molar-refractivity contribution in [2.45, 2.75) is 44.4 Å². The third kappa shape index (κ3) is 3.25. The van der Waals surface area contributed by atoms with Crippen LogP contribution in [0.2, 0.25) is 0 Å². The molecule has 1 aromatic heterocycles. The second kappa shape index (κ2) is 7.01. The van der Waals surface area contributed by atoms with Crippen LogP contribution >= 0.6 is 15.9 Å². The summed E-state index contributed by atoms with van der Waals surface area (Å²) in [6, 6.07) is 5.60. The fourth-order valence-electron chi connectivity index (χ4n) is 4.03. The third-order valence-electron chi connectivity index (χ3n) is 5.74. The first-order valence-corrected chi connectivity index (χ1v) is 10.1. The number of alkyl halides is 3. The normalized spacial score (nSPS) is 20.1. The number of ether oxygens (including phenoxy) is 1. The van der Waals surface area contributed by atoms with Crippen molar-refractivity contribution in [1.82, 2.24) is 14.5 Å². The molecule has 1 fully saturated rings. The molecular weight excluding hydrogens is 465 g/mol. The lowest BCUT2D eigenvalue weighted by Crippen LogP contribution is -2.59. The Hall–Kier alpha value is -2.54. The van der Waals surface area contributed by atoms with Gasteiger partial charge in [0, 0.05) is 25.1 Å². The Morgan fingerprint density at radius 2 is 2.13 bits per heavy atom. The molecule has 1 aromatic carbocycles. The molecule has 10 heteroatoms. The minimum Gasteiger partial charge on any atom is -0.496 e. The highest BCUT2D eigenvalue weighted by Gasteiger charge is 2.46. The average molecular weight is 483 g/mol. The maximum Gasteiger partial charge on any atom is 0.394 e. The van der Waals surface area contributed by atoms with Gasteiger partial charge in [0.15, 0.2) is 5.82 Å². The number of hydrogen-bond donors (Lipinski definition) is 0. The molecule has 0 spiro atoms. The van der Waals surface area contributed by atoms with Crippen LogP contribution in [0, 0.1) is 11.3 Å². The molecule has 3 heterocycles. The van der Waals surface area contributed by atoms with Gasteiger partial charge in [0.05, 0.1) is 35.5 Å². The lowest BCUT2D eigenvalue weighted by Gasteiger charge is -2.45. The van der Waals surface area contributed by atoms with Crippen LogP contribution in [0.1, 0.15) is 35.2 Å². The monoisotopic (exact) mass is 482 g/mol. The van der Waals surface area contributed by atoms with Gasteiger partial charge in [-0.05, 0) is 47.0 Å². The number of carbonyl (C=O) groups is 1. The Morgan fingerprint density at radius 3 is 2.70 bits per heavy atom. The number of nitriles is 1. The van der Waals surface area contributed by atoms with Gasteiger partial charge in [-0.15, -0.1) is 0 Å². The number of aromatic nitrogens is 2. The first kappa shape index (κ1) is 20.7. The molecule has 1 atom stereocenters. The minimum absolute atomic E-state index is 0.0528. The number of imidazole rings is 1. The SMILES string of the molecule is COc1cc2c(cc1Br)-c1c(CC(F)(F)F)nc(C(=O)N3CC[C@]3(C)C#N)n1CC2. The number of benzene rings is 1. The van der Waals surface area contributed by atoms with E-state index in [1.807, 2.05) is 0 Å². The number of aryl methyl sites for hydroxylation is 1. The van der Waals surface area contributed by atoms with E-state index in [-0.39, 0.29) is 11.5 Å². The van der Waals surface area contributed by atoms with Crippen molar-refractivity contribution in [3.63, 3.8) is 0 Å². The predicted octanol–water partition coefficient (Wildman–Crippen LogP) is 4.11. The molecule has 0 N–H and O–H groups in total. The molecule has 1 amide bonds. The van der Waals surface area contributed by atoms with Gasteiger partial charge in [0.1, 0.15) is 11.3 Å². The Bertz CT molecular complexity index is 1090. The zero-order chi connectivity index (χ0) is 21.8. The van der Waals surface area contributed by atoms with E-state index in [2.05, 4.69) is 27.0 Å². The van der Waals surface area contributed by atoms with Gasteiger partial charge in [-0.3, -0.25) is 4.79 Å². The fourth-order valence-corrected chi connectivity index (χ4v) is 4.54. The van der Waals surface area contributed by atoms with E-state index in [4.69, 9.17) is 4.74 Å². The molecule has 6 nitrogen and oxygen atoms in total. The second-order valence-electron chi connectivity index (χ2n) is 7.66. The van der Waals surface area contributed by atoms with E-state index in [0.29, 0.717) is 47.4 Å². The fraction of sp³-hybridized carbons (Fsp3) is 0.450. The van der Waals surface area contributed by atoms with Crippen LogP contribution in [0.5, 0.6) is 5.75 Å². The lowest BCUT2D eigenvalue weighted by atomic mass is 9.88. The second-order valence-corrected chi connectivity index (χ2v) is 8.51. The Balaban J connectivity index is 1.87. The van der Waals surface area contributed by atoms with E-state index in [1.165, 1.54) is 12.0 Å². The first-order valence-electron chi connectivity index (χ1n) is 9.34. The highest BCUT2D eigenvalue weighted by Crippen LogP contribution is 2.41. The van der Waals surface area contributed by atoms with Gasteiger partial charge >= 0.3 is 6.18 Å². The number of amides is 1. The Kier molecular flexibility index (Phi) is 4.84. The largest absolute Gasteiger partial charge is 0.496 e. The van der Waals surface area contributed by atoms with Crippen molar-refractivity contribution >= 4 is 21.8 Å². The molecule has 0 bridgehead atoms. The molecule has 158 valence electrons. The van der Waals surface area contributed by atoms with Crippen molar-refractivity contribution in [1.29, 1.82) is 5.26 Å². The van der Waals surface area contributed by atoms with Crippen LogP contribution in [0.25, 0.3) is 11.3 Å². The molecule has 2 aliphatic rings. The van der Waals surface area contributed by atoms with E-state index < -0.39 is 24.0 Å². The molecule has 0 saturated carbocycles. The first-order chi connectivity index (χ1) is 14.1. The van der Waals surface area contributed by atoms with Crippen LogP contribution in [0.4, 0.5) is 13.2 Å². The number of methoxy groups -OCH3 is 1. The summed E-state index contributed by atoms with van der Waals surface area (Å²) in [6.07, 6.45) is -4.68. The van der Waals surface area contributed by atoms with Gasteiger partial charge in [0.2, 0.25) is 0 Å². The van der Waals surface area contributed by atoms with Gasteiger partial charge < -0.3 is 14.2 Å². The number of halogens is 4. The number of carbonyl (C=O) groups excluding carboxylic acids is 1. The summed E-state index contributed by atoms with van der Waals surface area (Å²) >= 11 is 3.39. The maximum absolute atomic E-state index is 13.3. The lowest BCUT2D eigenvalue weighted by molar-refractivity contribution is -0.127. The van der Waals surface area contributed by atoms with E-state index in [9.17, 15) is 23.2 Å². The van der Waals surface area contributed by atoms with Gasteiger partial charge in [-0.2, -0.15) is 18.4 Å². The van der Waals surface area contributed by atoms with Crippen LogP contribution in [0.15, 0.2) is 16.6 Å². The number of fused-ring (bicyclic) bond motifs is 3. The van der Waals surface area contributed by atoms with Crippen LogP contribution in [0.3, 0.4) is 0 Å². The number of likely N-dealkylation sites (tertiary alicyclic amines) is 1. The molecule has 0 aliphatic carbocycles. The molecular formula is C20H18BrF3N4O2. The Morgan fingerprint density at radius 1 is 1.40 bits per heavy atom. The number of hydrogen-bond acceptors (Lipinski definition) is 4. The summed E-state index contributed by atoms with van der Waals surface area (Å²) in [6.45, 7) is 2.33. The summed E-state index contributed by atoms with van der Waals surface area (Å²) in [7, 11) is 1.52. The maximum atomic E-state index is 13.3. The topological polar surface area (TPSA) is 71.2 Å². The van der Waals surface area contributed by atoms with E-state index in [0.717, 1.165) is 5.56 Å². The summed E-state index contributed by atoms with van der Waals surface area (Å²) < 4.78 is 47.3. The zero-order valence-corrected chi connectivity index (χ0v) is 17.9. The number of rotatable bonds is 3. The molecule has 1 saturated heterocycles. The van der Waals surface area contributed by atoms with Crippen molar-refractivity contribution in [3.8, 4) is 23.1 Å². The standard InChI is InChI=1S/C20H18BrF3N4O2/c1-19(10-25)4-6-28(19)18(29)17-26-14(9-20(22,23)24)16-12-8-13(21)15(30-2)7-11(12)3-5-27(16)17/h7-8H,3-6,9H2,1-2H3/t19-/m1/s1. The highest BCUT2D eigenvalue weighted by molar-refractivity contribution is 9.10. The smallest absolute Gasteiger partial charge is 0.394 e. The predicted molar refractivity (Wildman–Crippen MR) is 105 cm³/mol. The summed E-state index contributed by atoms with van der Waals surface area (Å²) in [5, 5.41) is 9.38. The molecule has 2 aromatic rings. The van der Waals surface area contributed by atoms with Crippen LogP contribution in [-0.4, -0.2) is 45.7 Å². The van der Waals surface area contributed by atoms with Crippen molar-refractivity contribution in [3.05, 3.63) is 33.7 Å². The quantitative estimate of drug-likeness (QED) is 0.659. The molecule has 0 unspecified atom stereocenters. The molecule has 0 radical (unpaired) electrons. The van der Waals surface area contributed by atoms with Crippen LogP contribution < -0.4 is 4.74 Å². The third-order valence-corrected chi connectivity index (χ3v) is 6.36. The summed E-state index contributed by atoms with van der Waals surface area (Å²) in [4.78, 5) is 18.6. The van der Waals surface area contributed by atoms with Crippen molar-refractivity contribution in [2.24, 2.45) is 0 Å². The van der Waals surface area contributed by atoms with Crippen LogP contribution in [-0.2, 0) is 19.4 Å². The van der Waals surface area contributed by atoms with Gasteiger partial charge in [-0.1, -0.05) is 0 Å². The molecule has 30 heavy (non-hydrogen) atoms. The average Bonchev–Trinajstić information content (AvgIpc) is 3.03. The minimum atomic E-state index is -4.48. The summed E-state index contributed by atoms with van der Waals surface area (Å²) in [5.74, 6) is 0.0137. The highest BCUT2D eigenvalue weighted by atomic mass is 79.9. The molecule has 2 aliphatic heterocycles.